The van der Waals surface area contributed by atoms with Gasteiger partial charge in [-0.15, -0.1) is 0 Å². The number of hydrogen-bond acceptors (Lipinski definition) is 5. The molecule has 1 aromatic carbocycles. The van der Waals surface area contributed by atoms with Gasteiger partial charge in [0.25, 0.3) is 0 Å². The van der Waals surface area contributed by atoms with Crippen molar-refractivity contribution in [2.45, 2.75) is 11.3 Å². The van der Waals surface area contributed by atoms with E-state index in [1.54, 1.807) is 11.9 Å². The molecule has 96 valence electrons. The topological polar surface area (TPSA) is 110 Å². The van der Waals surface area contributed by atoms with Gasteiger partial charge in [-0.2, -0.15) is 0 Å². The first-order chi connectivity index (χ1) is 7.86. The molecule has 0 aliphatic rings. The molecule has 0 aromatic heterocycles. The Hall–Kier alpha value is -1.31. The maximum Gasteiger partial charge on any atom is 0.238 e. The molecule has 0 aliphatic carbocycles. The zero-order valence-corrected chi connectivity index (χ0v) is 10.4. The molecule has 1 rings (SSSR count). The van der Waals surface area contributed by atoms with Crippen molar-refractivity contribution in [1.29, 1.82) is 0 Å². The van der Waals surface area contributed by atoms with Crippen molar-refractivity contribution in [2.24, 2.45) is 5.14 Å². The number of rotatable bonds is 5. The Bertz CT molecular complexity index is 488. The summed E-state index contributed by atoms with van der Waals surface area (Å²) in [6.07, 6.45) is 0.579. The fourth-order valence-electron chi connectivity index (χ4n) is 1.46. The molecular weight excluding hydrogens is 242 g/mol. The quantitative estimate of drug-likeness (QED) is 0.631. The number of benzene rings is 1. The predicted octanol–water partition coefficient (Wildman–Crippen LogP) is -0.265. The van der Waals surface area contributed by atoms with Gasteiger partial charge in [0.05, 0.1) is 16.3 Å². The lowest BCUT2D eigenvalue weighted by molar-refractivity contribution is 0.290. The third-order valence-corrected chi connectivity index (χ3v) is 3.30. The first-order valence-corrected chi connectivity index (χ1v) is 6.65. The zero-order chi connectivity index (χ0) is 13.1. The van der Waals surface area contributed by atoms with Gasteiger partial charge in [0.1, 0.15) is 0 Å². The molecular formula is C10H17N3O3S. The van der Waals surface area contributed by atoms with Gasteiger partial charge in [0.15, 0.2) is 0 Å². The molecule has 0 saturated heterocycles. The SMILES string of the molecule is CN(CCCO)c1cc(S(N)(=O)=O)ccc1N. The average molecular weight is 259 g/mol. The van der Waals surface area contributed by atoms with Crippen LogP contribution in [0.4, 0.5) is 11.4 Å². The third-order valence-electron chi connectivity index (χ3n) is 2.39. The summed E-state index contributed by atoms with van der Waals surface area (Å²) in [5.74, 6) is 0. The van der Waals surface area contributed by atoms with Crippen molar-refractivity contribution in [2.75, 3.05) is 30.8 Å². The van der Waals surface area contributed by atoms with Crippen LogP contribution in [0.5, 0.6) is 0 Å². The van der Waals surface area contributed by atoms with E-state index in [9.17, 15) is 8.42 Å². The second-order valence-electron chi connectivity index (χ2n) is 3.76. The molecule has 5 N–H and O–H groups in total. The molecule has 1 aromatic rings. The second-order valence-corrected chi connectivity index (χ2v) is 5.33. The number of primary sulfonamides is 1. The fraction of sp³-hybridized carbons (Fsp3) is 0.400. The Morgan fingerprint density at radius 2 is 2.06 bits per heavy atom. The van der Waals surface area contributed by atoms with E-state index in [0.29, 0.717) is 24.3 Å². The highest BCUT2D eigenvalue weighted by Gasteiger charge is 2.12. The van der Waals surface area contributed by atoms with Gasteiger partial charge in [-0.3, -0.25) is 0 Å². The van der Waals surface area contributed by atoms with E-state index in [0.717, 1.165) is 0 Å². The van der Waals surface area contributed by atoms with E-state index in [4.69, 9.17) is 16.0 Å². The molecule has 7 heteroatoms. The van der Waals surface area contributed by atoms with Crippen molar-refractivity contribution < 1.29 is 13.5 Å². The summed E-state index contributed by atoms with van der Waals surface area (Å²) in [5.41, 5.74) is 6.82. The molecule has 0 atom stereocenters. The predicted molar refractivity (Wildman–Crippen MR) is 67.2 cm³/mol. The highest BCUT2D eigenvalue weighted by molar-refractivity contribution is 7.89. The number of nitrogens with two attached hydrogens (primary N) is 2. The lowest BCUT2D eigenvalue weighted by atomic mass is 10.2. The molecule has 0 aliphatic heterocycles. The Morgan fingerprint density at radius 1 is 1.41 bits per heavy atom. The lowest BCUT2D eigenvalue weighted by Gasteiger charge is -2.21. The Morgan fingerprint density at radius 3 is 2.59 bits per heavy atom. The summed E-state index contributed by atoms with van der Waals surface area (Å²) in [7, 11) is -1.96. The van der Waals surface area contributed by atoms with E-state index in [2.05, 4.69) is 0 Å². The number of sulfonamides is 1. The summed E-state index contributed by atoms with van der Waals surface area (Å²) in [4.78, 5) is 1.80. The van der Waals surface area contributed by atoms with Gasteiger partial charge < -0.3 is 15.7 Å². The summed E-state index contributed by atoms with van der Waals surface area (Å²) < 4.78 is 22.4. The number of anilines is 2. The summed E-state index contributed by atoms with van der Waals surface area (Å²) in [6, 6.07) is 4.31. The lowest BCUT2D eigenvalue weighted by Crippen LogP contribution is -2.21. The minimum atomic E-state index is -3.73. The second kappa shape index (κ2) is 5.35. The minimum absolute atomic E-state index is 0.0255. The number of hydrogen-bond donors (Lipinski definition) is 3. The molecule has 0 saturated carbocycles. The standard InChI is InChI=1S/C10H17N3O3S/c1-13(5-2-6-14)10-7-8(17(12,15)16)3-4-9(10)11/h3-4,7,14H,2,5-6,11H2,1H3,(H2,12,15,16). The van der Waals surface area contributed by atoms with Crippen molar-refractivity contribution >= 4 is 21.4 Å². The largest absolute Gasteiger partial charge is 0.397 e. The molecule has 17 heavy (non-hydrogen) atoms. The van der Waals surface area contributed by atoms with E-state index in [1.807, 2.05) is 0 Å². The number of nitrogen functional groups attached to an aromatic ring is 1. The van der Waals surface area contributed by atoms with E-state index >= 15 is 0 Å². The monoisotopic (exact) mass is 259 g/mol. The van der Waals surface area contributed by atoms with Crippen LogP contribution in [-0.4, -0.2) is 33.7 Å². The van der Waals surface area contributed by atoms with Gasteiger partial charge in [-0.25, -0.2) is 13.6 Å². The molecule has 0 amide bonds. The van der Waals surface area contributed by atoms with Gasteiger partial charge >= 0.3 is 0 Å². The van der Waals surface area contributed by atoms with Crippen molar-refractivity contribution in [3.8, 4) is 0 Å². The number of aliphatic hydroxyl groups is 1. The van der Waals surface area contributed by atoms with Crippen LogP contribution in [0.3, 0.4) is 0 Å². The van der Waals surface area contributed by atoms with Gasteiger partial charge in [-0.05, 0) is 24.6 Å². The Labute approximate surface area is 101 Å². The van der Waals surface area contributed by atoms with Crippen LogP contribution in [0.25, 0.3) is 0 Å². The van der Waals surface area contributed by atoms with Crippen molar-refractivity contribution in [3.05, 3.63) is 18.2 Å². The number of aliphatic hydroxyl groups excluding tert-OH is 1. The first-order valence-electron chi connectivity index (χ1n) is 5.10. The average Bonchev–Trinajstić information content (AvgIpc) is 2.24. The normalized spacial score (nSPS) is 11.5. The van der Waals surface area contributed by atoms with E-state index in [-0.39, 0.29) is 11.5 Å². The summed E-state index contributed by atoms with van der Waals surface area (Å²) >= 11 is 0. The zero-order valence-electron chi connectivity index (χ0n) is 9.63. The Kier molecular flexibility index (Phi) is 4.33. The first kappa shape index (κ1) is 13.8. The molecule has 0 spiro atoms. The minimum Gasteiger partial charge on any atom is -0.397 e. The van der Waals surface area contributed by atoms with Gasteiger partial charge in [0, 0.05) is 20.2 Å². The molecule has 0 radical (unpaired) electrons. The summed E-state index contributed by atoms with van der Waals surface area (Å²) in [5, 5.41) is 13.8. The molecule has 0 bridgehead atoms. The van der Waals surface area contributed by atoms with E-state index in [1.165, 1.54) is 18.2 Å². The van der Waals surface area contributed by atoms with Crippen LogP contribution in [0.15, 0.2) is 23.1 Å². The Balaban J connectivity index is 3.06. The van der Waals surface area contributed by atoms with Crippen LogP contribution in [0.1, 0.15) is 6.42 Å². The third kappa shape index (κ3) is 3.58. The van der Waals surface area contributed by atoms with Gasteiger partial charge in [0.2, 0.25) is 10.0 Å². The smallest absolute Gasteiger partial charge is 0.238 e. The van der Waals surface area contributed by atoms with Crippen molar-refractivity contribution in [1.82, 2.24) is 0 Å². The number of nitrogens with zero attached hydrogens (tertiary/aromatic N) is 1. The molecule has 0 heterocycles. The summed E-state index contributed by atoms with van der Waals surface area (Å²) in [6.45, 7) is 0.647. The van der Waals surface area contributed by atoms with Crippen LogP contribution >= 0.6 is 0 Å². The van der Waals surface area contributed by atoms with Crippen molar-refractivity contribution in [3.63, 3.8) is 0 Å². The molecule has 0 fully saturated rings. The highest BCUT2D eigenvalue weighted by atomic mass is 32.2. The maximum absolute atomic E-state index is 11.2. The van der Waals surface area contributed by atoms with Crippen LogP contribution in [0, 0.1) is 0 Å². The van der Waals surface area contributed by atoms with Crippen LogP contribution in [0.2, 0.25) is 0 Å². The molecule has 6 nitrogen and oxygen atoms in total. The van der Waals surface area contributed by atoms with Crippen LogP contribution < -0.4 is 15.8 Å². The fourth-order valence-corrected chi connectivity index (χ4v) is 1.99. The highest BCUT2D eigenvalue weighted by Crippen LogP contribution is 2.25. The van der Waals surface area contributed by atoms with Gasteiger partial charge in [-0.1, -0.05) is 0 Å². The van der Waals surface area contributed by atoms with Crippen LogP contribution in [-0.2, 0) is 10.0 Å². The molecule has 0 unspecified atom stereocenters. The maximum atomic E-state index is 11.2. The van der Waals surface area contributed by atoms with E-state index < -0.39 is 10.0 Å².